The lowest BCUT2D eigenvalue weighted by Crippen LogP contribution is -2.49. The minimum atomic E-state index is -1.70. The Morgan fingerprint density at radius 3 is 2.39 bits per heavy atom. The third kappa shape index (κ3) is 7.79. The van der Waals surface area contributed by atoms with Crippen LogP contribution in [0.1, 0.15) is 67.4 Å². The van der Waals surface area contributed by atoms with Crippen molar-refractivity contribution in [3.63, 3.8) is 0 Å². The number of carbonyl (C=O) groups is 4. The van der Waals surface area contributed by atoms with Crippen molar-refractivity contribution in [3.05, 3.63) is 58.1 Å². The molecule has 16 heteroatoms. The Hall–Kier alpha value is -3.53. The normalized spacial score (nSPS) is 23.1. The number of anilines is 1. The first kappa shape index (κ1) is 38.3. The van der Waals surface area contributed by atoms with Gasteiger partial charge in [-0.2, -0.15) is 0 Å². The lowest BCUT2D eigenvalue weighted by atomic mass is 9.75. The topological polar surface area (TPSA) is 157 Å². The largest absolute Gasteiger partial charge is 0.480 e. The molecule has 2 heterocycles. The summed E-state index contributed by atoms with van der Waals surface area (Å²) in [6.07, 6.45) is 0.500. The molecule has 0 bridgehead atoms. The molecule has 0 spiro atoms. The molecule has 1 aliphatic carbocycles. The van der Waals surface area contributed by atoms with E-state index in [0.29, 0.717) is 11.6 Å². The number of aliphatic imine (C=N–C) groups is 1. The third-order valence-electron chi connectivity index (χ3n) is 8.66. The van der Waals surface area contributed by atoms with Crippen molar-refractivity contribution in [1.29, 1.82) is 0 Å². The molecule has 1 aromatic heterocycles. The van der Waals surface area contributed by atoms with E-state index >= 15 is 4.39 Å². The van der Waals surface area contributed by atoms with E-state index in [2.05, 4.69) is 29.9 Å². The summed E-state index contributed by atoms with van der Waals surface area (Å²) < 4.78 is 31.5. The molecule has 266 valence electrons. The fourth-order valence-corrected chi connectivity index (χ4v) is 8.06. The van der Waals surface area contributed by atoms with Crippen LogP contribution in [0.5, 0.6) is 0 Å². The highest BCUT2D eigenvalue weighted by molar-refractivity contribution is 8.16. The van der Waals surface area contributed by atoms with Crippen LogP contribution >= 0.6 is 23.4 Å². The Morgan fingerprint density at radius 1 is 1.16 bits per heavy atom. The number of aromatic nitrogens is 1. The van der Waals surface area contributed by atoms with Gasteiger partial charge in [0.15, 0.2) is 5.17 Å². The van der Waals surface area contributed by atoms with E-state index < -0.39 is 64.7 Å². The van der Waals surface area contributed by atoms with Crippen molar-refractivity contribution in [2.45, 2.75) is 82.6 Å². The Bertz CT molecular complexity index is 1700. The molecule has 2 aromatic rings. The van der Waals surface area contributed by atoms with E-state index in [-0.39, 0.29) is 35.3 Å². The van der Waals surface area contributed by atoms with Crippen LogP contribution in [0.4, 0.5) is 14.9 Å². The summed E-state index contributed by atoms with van der Waals surface area (Å²) in [5.41, 5.74) is -4.54. The standard InChI is InChI=1S/C33H42ClFN4O8SSi/c1-30(2,3)47-29(44)39(18-46-12-13-49(7,8)9)28-38-32(5,31(4)17-33(31,48-28)27(42)43)22-15-20(14-21(24(22)35)26(41)45-6)37-25(40)23-11-10-19(34)16-36-23/h10-11,14-16H,12-13,17-18H2,1-9H3,(H,37,40)(H,42,43)/t31?,32-,33-/m1/s1. The van der Waals surface area contributed by atoms with Crippen LogP contribution in [0.15, 0.2) is 35.5 Å². The summed E-state index contributed by atoms with van der Waals surface area (Å²) in [6.45, 7) is 14.9. The minimum absolute atomic E-state index is 0.00129. The molecule has 3 atom stereocenters. The molecule has 1 unspecified atom stereocenters. The number of pyridine rings is 1. The van der Waals surface area contributed by atoms with Crippen LogP contribution in [0.25, 0.3) is 0 Å². The number of aliphatic carboxylic acids is 1. The maximum absolute atomic E-state index is 16.6. The quantitative estimate of drug-likeness (QED) is 0.113. The summed E-state index contributed by atoms with van der Waals surface area (Å²) >= 11 is 6.78. The second-order valence-electron chi connectivity index (χ2n) is 14.7. The first-order chi connectivity index (χ1) is 22.6. The summed E-state index contributed by atoms with van der Waals surface area (Å²) in [5.74, 6) is -3.92. The number of methoxy groups -OCH3 is 1. The van der Waals surface area contributed by atoms with Gasteiger partial charge in [0.1, 0.15) is 28.6 Å². The predicted octanol–water partition coefficient (Wildman–Crippen LogP) is 7.01. The first-order valence-corrected chi connectivity index (χ1v) is 20.4. The lowest BCUT2D eigenvalue weighted by Gasteiger charge is -2.42. The molecule has 2 N–H and O–H groups in total. The van der Waals surface area contributed by atoms with Crippen LogP contribution in [0.3, 0.4) is 0 Å². The molecule has 0 saturated heterocycles. The van der Waals surface area contributed by atoms with Crippen molar-refractivity contribution in [2.75, 3.05) is 25.8 Å². The zero-order valence-corrected chi connectivity index (χ0v) is 31.6. The first-order valence-electron chi connectivity index (χ1n) is 15.5. The number of benzene rings is 1. The molecule has 1 aromatic carbocycles. The summed E-state index contributed by atoms with van der Waals surface area (Å²) in [6, 6.07) is 6.08. The number of amides is 2. The summed E-state index contributed by atoms with van der Waals surface area (Å²) in [4.78, 5) is 62.6. The number of carbonyl (C=O) groups excluding carboxylic acids is 3. The SMILES string of the molecule is COC(=O)c1cc(NC(=O)c2ccc(Cl)cn2)cc([C@@]2(C)N=C(N(COCC[Si](C)(C)C)C(=O)OC(C)(C)C)S[C@@]3(C(=O)O)CC32C)c1F. The van der Waals surface area contributed by atoms with E-state index in [1.54, 1.807) is 34.6 Å². The van der Waals surface area contributed by atoms with Crippen molar-refractivity contribution < 1.29 is 42.9 Å². The smallest absolute Gasteiger partial charge is 0.418 e. The number of fused-ring (bicyclic) bond motifs is 1. The van der Waals surface area contributed by atoms with Crippen LogP contribution < -0.4 is 5.32 Å². The molecule has 12 nitrogen and oxygen atoms in total. The van der Waals surface area contributed by atoms with Gasteiger partial charge in [0.05, 0.1) is 23.2 Å². The third-order valence-corrected chi connectivity index (χ3v) is 12.2. The van der Waals surface area contributed by atoms with Gasteiger partial charge in [-0.05, 0) is 64.4 Å². The van der Waals surface area contributed by atoms with E-state index in [4.69, 9.17) is 30.8 Å². The fraction of sp³-hybridized carbons (Fsp3) is 0.515. The number of hydrogen-bond acceptors (Lipinski definition) is 10. The Kier molecular flexibility index (Phi) is 10.7. The van der Waals surface area contributed by atoms with E-state index in [1.807, 2.05) is 0 Å². The summed E-state index contributed by atoms with van der Waals surface area (Å²) in [7, 11) is -0.419. The van der Waals surface area contributed by atoms with Gasteiger partial charge in [0.2, 0.25) is 0 Å². The maximum atomic E-state index is 16.6. The molecule has 49 heavy (non-hydrogen) atoms. The van der Waals surface area contributed by atoms with Crippen LogP contribution in [0, 0.1) is 11.2 Å². The number of halogens is 2. The average molecular weight is 737 g/mol. The van der Waals surface area contributed by atoms with E-state index in [1.165, 1.54) is 24.4 Å². The molecular weight excluding hydrogens is 695 g/mol. The second kappa shape index (κ2) is 13.6. The molecule has 2 aliphatic rings. The molecule has 1 aliphatic heterocycles. The molecule has 1 fully saturated rings. The molecule has 2 amide bonds. The number of hydrogen-bond donors (Lipinski definition) is 2. The maximum Gasteiger partial charge on any atom is 0.418 e. The highest BCUT2D eigenvalue weighted by Crippen LogP contribution is 2.75. The van der Waals surface area contributed by atoms with Gasteiger partial charge in [-0.15, -0.1) is 0 Å². The Labute approximate surface area is 295 Å². The van der Waals surface area contributed by atoms with Crippen molar-refractivity contribution in [3.8, 4) is 0 Å². The minimum Gasteiger partial charge on any atom is -0.480 e. The van der Waals surface area contributed by atoms with Gasteiger partial charge in [-0.1, -0.05) is 49.9 Å². The van der Waals surface area contributed by atoms with Crippen LogP contribution in [0.2, 0.25) is 30.7 Å². The lowest BCUT2D eigenvalue weighted by molar-refractivity contribution is -0.138. The average Bonchev–Trinajstić information content (AvgIpc) is 3.64. The van der Waals surface area contributed by atoms with Crippen molar-refractivity contribution >= 4 is 66.2 Å². The van der Waals surface area contributed by atoms with Gasteiger partial charge < -0.3 is 24.6 Å². The van der Waals surface area contributed by atoms with Crippen LogP contribution in [-0.4, -0.2) is 83.0 Å². The fourth-order valence-electron chi connectivity index (χ4n) is 5.54. The molecule has 1 saturated carbocycles. The van der Waals surface area contributed by atoms with E-state index in [0.717, 1.165) is 35.9 Å². The number of carboxylic acid groups (broad SMARTS) is 1. The number of esters is 1. The Balaban J connectivity index is 1.88. The zero-order valence-electron chi connectivity index (χ0n) is 29.0. The highest BCUT2D eigenvalue weighted by Gasteiger charge is 2.80. The van der Waals surface area contributed by atoms with Gasteiger partial charge in [-0.3, -0.25) is 9.59 Å². The van der Waals surface area contributed by atoms with Gasteiger partial charge in [0, 0.05) is 37.5 Å². The molecule has 4 rings (SSSR count). The van der Waals surface area contributed by atoms with Gasteiger partial charge in [0.25, 0.3) is 5.91 Å². The molecule has 0 radical (unpaired) electrons. The Morgan fingerprint density at radius 2 is 1.84 bits per heavy atom. The number of carboxylic acids is 1. The van der Waals surface area contributed by atoms with Gasteiger partial charge in [-0.25, -0.2) is 28.9 Å². The van der Waals surface area contributed by atoms with E-state index in [9.17, 15) is 24.3 Å². The number of nitrogens with zero attached hydrogens (tertiary/aromatic N) is 3. The number of ether oxygens (including phenoxy) is 3. The zero-order chi connectivity index (χ0) is 36.7. The summed E-state index contributed by atoms with van der Waals surface area (Å²) in [5, 5.41) is 13.5. The number of rotatable bonds is 10. The van der Waals surface area contributed by atoms with Crippen molar-refractivity contribution in [2.24, 2.45) is 10.4 Å². The molecular formula is C33H42ClFN4O8SSi. The van der Waals surface area contributed by atoms with Crippen molar-refractivity contribution in [1.82, 2.24) is 9.88 Å². The highest BCUT2D eigenvalue weighted by atomic mass is 35.5. The van der Waals surface area contributed by atoms with Gasteiger partial charge >= 0.3 is 18.0 Å². The monoisotopic (exact) mass is 736 g/mol. The number of nitrogens with one attached hydrogen (secondary N) is 1. The second-order valence-corrected chi connectivity index (χ2v) is 22.0. The van der Waals surface area contributed by atoms with Crippen LogP contribution in [-0.2, 0) is 24.5 Å². The number of amidine groups is 1. The number of thioether (sulfide) groups is 1. The predicted molar refractivity (Wildman–Crippen MR) is 187 cm³/mol.